The van der Waals surface area contributed by atoms with E-state index in [9.17, 15) is 18.0 Å². The van der Waals surface area contributed by atoms with E-state index >= 15 is 0 Å². The maximum atomic E-state index is 13.6. The van der Waals surface area contributed by atoms with Crippen molar-refractivity contribution in [3.8, 4) is 17.0 Å². The van der Waals surface area contributed by atoms with E-state index in [1.807, 2.05) is 19.9 Å². The molecular formula is C22H20F3NO3S. The van der Waals surface area contributed by atoms with Crippen LogP contribution in [0.3, 0.4) is 0 Å². The number of aliphatic carboxylic acids is 1. The van der Waals surface area contributed by atoms with E-state index in [-0.39, 0.29) is 13.0 Å². The highest BCUT2D eigenvalue weighted by atomic mass is 32.1. The Morgan fingerprint density at radius 3 is 2.57 bits per heavy atom. The average molecular weight is 435 g/mol. The predicted molar refractivity (Wildman–Crippen MR) is 108 cm³/mol. The van der Waals surface area contributed by atoms with Gasteiger partial charge < -0.3 is 9.84 Å². The van der Waals surface area contributed by atoms with Crippen molar-refractivity contribution in [2.24, 2.45) is 0 Å². The summed E-state index contributed by atoms with van der Waals surface area (Å²) >= 11 is 0.958. The molecule has 8 heteroatoms. The van der Waals surface area contributed by atoms with Gasteiger partial charge in [0.05, 0.1) is 10.6 Å². The smallest absolute Gasteiger partial charge is 0.303 e. The molecule has 0 bridgehead atoms. The van der Waals surface area contributed by atoms with Crippen LogP contribution in [0.4, 0.5) is 13.2 Å². The van der Waals surface area contributed by atoms with Crippen LogP contribution in [0.15, 0.2) is 30.3 Å². The van der Waals surface area contributed by atoms with Gasteiger partial charge in [0.25, 0.3) is 0 Å². The molecule has 0 amide bonds. The number of nitrogens with zero attached hydrogens (tertiary/aromatic N) is 1. The molecule has 0 atom stereocenters. The summed E-state index contributed by atoms with van der Waals surface area (Å²) in [6, 6.07) is 7.01. The van der Waals surface area contributed by atoms with Crippen molar-refractivity contribution in [1.82, 2.24) is 4.37 Å². The van der Waals surface area contributed by atoms with Gasteiger partial charge in [0.2, 0.25) is 0 Å². The first-order valence-electron chi connectivity index (χ1n) is 9.24. The van der Waals surface area contributed by atoms with E-state index in [1.165, 1.54) is 6.07 Å². The van der Waals surface area contributed by atoms with Gasteiger partial charge in [-0.25, -0.2) is 13.2 Å². The van der Waals surface area contributed by atoms with E-state index in [0.29, 0.717) is 33.9 Å². The summed E-state index contributed by atoms with van der Waals surface area (Å²) in [5, 5.41) is 8.88. The van der Waals surface area contributed by atoms with Crippen LogP contribution in [-0.4, -0.2) is 15.4 Å². The van der Waals surface area contributed by atoms with E-state index in [1.54, 1.807) is 6.07 Å². The Kier molecular flexibility index (Phi) is 6.77. The molecule has 1 aromatic heterocycles. The summed E-state index contributed by atoms with van der Waals surface area (Å²) in [6.45, 7) is 3.03. The fourth-order valence-electron chi connectivity index (χ4n) is 3.14. The molecule has 2 aromatic carbocycles. The fraction of sp³-hybridized carbons (Fsp3) is 0.273. The van der Waals surface area contributed by atoms with E-state index in [0.717, 1.165) is 40.4 Å². The summed E-state index contributed by atoms with van der Waals surface area (Å²) in [4.78, 5) is 11.2. The molecule has 0 aliphatic carbocycles. The van der Waals surface area contributed by atoms with Gasteiger partial charge in [0.15, 0.2) is 11.6 Å². The molecule has 30 heavy (non-hydrogen) atoms. The second kappa shape index (κ2) is 9.30. The van der Waals surface area contributed by atoms with E-state index in [4.69, 9.17) is 9.84 Å². The first-order valence-corrected chi connectivity index (χ1v) is 10.0. The number of benzene rings is 2. The normalized spacial score (nSPS) is 11.0. The number of carboxylic acid groups (broad SMARTS) is 1. The fourth-order valence-corrected chi connectivity index (χ4v) is 3.87. The summed E-state index contributed by atoms with van der Waals surface area (Å²) in [5.74, 6) is -2.25. The highest BCUT2D eigenvalue weighted by Gasteiger charge is 2.18. The Morgan fingerprint density at radius 1 is 1.13 bits per heavy atom. The molecule has 3 rings (SSSR count). The molecule has 4 nitrogen and oxygen atoms in total. The molecule has 0 saturated carbocycles. The number of rotatable bonds is 8. The quantitative estimate of drug-likeness (QED) is 0.488. The zero-order valence-electron chi connectivity index (χ0n) is 16.5. The Morgan fingerprint density at radius 2 is 1.90 bits per heavy atom. The zero-order chi connectivity index (χ0) is 21.8. The Hall–Kier alpha value is -2.87. The van der Waals surface area contributed by atoms with Gasteiger partial charge in [-0.1, -0.05) is 6.07 Å². The third-order valence-corrected chi connectivity index (χ3v) is 5.86. The lowest BCUT2D eigenvalue weighted by Gasteiger charge is -2.15. The second-order valence-electron chi connectivity index (χ2n) is 6.85. The minimum atomic E-state index is -1.00. The number of halogens is 3. The molecule has 0 saturated heterocycles. The molecule has 0 fully saturated rings. The van der Waals surface area contributed by atoms with Crippen LogP contribution in [0.5, 0.6) is 5.75 Å². The monoisotopic (exact) mass is 435 g/mol. The van der Waals surface area contributed by atoms with Crippen molar-refractivity contribution in [3.05, 3.63) is 69.1 Å². The van der Waals surface area contributed by atoms with Crippen molar-refractivity contribution in [2.75, 3.05) is 0 Å². The summed E-state index contributed by atoms with van der Waals surface area (Å²) in [6.07, 6.45) is 0.460. The summed E-state index contributed by atoms with van der Waals surface area (Å²) in [5.41, 5.74) is 3.91. The Labute approximate surface area is 176 Å². The van der Waals surface area contributed by atoms with Crippen LogP contribution < -0.4 is 4.74 Å². The highest BCUT2D eigenvalue weighted by molar-refractivity contribution is 7.06. The number of alkyl halides is 1. The maximum absolute atomic E-state index is 13.6. The van der Waals surface area contributed by atoms with Crippen molar-refractivity contribution >= 4 is 17.5 Å². The topological polar surface area (TPSA) is 59.4 Å². The number of hydrogen-bond donors (Lipinski definition) is 1. The van der Waals surface area contributed by atoms with Crippen LogP contribution in [0, 0.1) is 25.5 Å². The number of hydrogen-bond acceptors (Lipinski definition) is 4. The van der Waals surface area contributed by atoms with Gasteiger partial charge in [0.1, 0.15) is 19.0 Å². The SMILES string of the molecule is Cc1c(CCC(=O)O)ccc(OCc2c(-c3ccc(F)c(F)c3)nsc2CF)c1C. The summed E-state index contributed by atoms with van der Waals surface area (Å²) in [7, 11) is 0. The molecule has 1 heterocycles. The molecule has 0 radical (unpaired) electrons. The van der Waals surface area contributed by atoms with Crippen molar-refractivity contribution in [1.29, 1.82) is 0 Å². The lowest BCUT2D eigenvalue weighted by molar-refractivity contribution is -0.136. The number of ether oxygens (including phenoxy) is 1. The zero-order valence-corrected chi connectivity index (χ0v) is 17.3. The minimum absolute atomic E-state index is 0.0127. The van der Waals surface area contributed by atoms with Crippen LogP contribution in [-0.2, 0) is 24.5 Å². The molecular weight excluding hydrogens is 415 g/mol. The molecule has 0 spiro atoms. The second-order valence-corrected chi connectivity index (χ2v) is 7.71. The van der Waals surface area contributed by atoms with E-state index < -0.39 is 24.3 Å². The van der Waals surface area contributed by atoms with Crippen molar-refractivity contribution in [2.45, 2.75) is 40.0 Å². The van der Waals surface area contributed by atoms with Gasteiger partial charge in [-0.05, 0) is 72.8 Å². The number of aromatic nitrogens is 1. The standard InChI is InChI=1S/C22H20F3NO3S/c1-12-13(2)19(7-4-14(12)5-8-21(27)28)29-11-16-20(10-23)30-26-22(16)15-3-6-17(24)18(25)9-15/h3-4,6-7,9H,5,8,10-11H2,1-2H3,(H,27,28). The number of carbonyl (C=O) groups is 1. The first kappa shape index (κ1) is 21.8. The number of carboxylic acids is 1. The Balaban J connectivity index is 1.85. The molecule has 1 N–H and O–H groups in total. The highest BCUT2D eigenvalue weighted by Crippen LogP contribution is 2.32. The van der Waals surface area contributed by atoms with Crippen LogP contribution >= 0.6 is 11.5 Å². The van der Waals surface area contributed by atoms with Gasteiger partial charge in [0, 0.05) is 17.5 Å². The first-order chi connectivity index (χ1) is 14.3. The lowest BCUT2D eigenvalue weighted by atomic mass is 9.99. The van der Waals surface area contributed by atoms with Crippen molar-refractivity contribution in [3.63, 3.8) is 0 Å². The lowest BCUT2D eigenvalue weighted by Crippen LogP contribution is -2.04. The van der Waals surface area contributed by atoms with Crippen LogP contribution in [0.2, 0.25) is 0 Å². The van der Waals surface area contributed by atoms with Gasteiger partial charge in [-0.2, -0.15) is 4.37 Å². The average Bonchev–Trinajstić information content (AvgIpc) is 3.13. The van der Waals surface area contributed by atoms with Crippen LogP contribution in [0.25, 0.3) is 11.3 Å². The van der Waals surface area contributed by atoms with E-state index in [2.05, 4.69) is 4.37 Å². The minimum Gasteiger partial charge on any atom is -0.488 e. The third-order valence-electron chi connectivity index (χ3n) is 5.01. The van der Waals surface area contributed by atoms with Gasteiger partial charge in [-0.15, -0.1) is 0 Å². The van der Waals surface area contributed by atoms with Gasteiger partial charge >= 0.3 is 5.97 Å². The molecule has 0 aliphatic heterocycles. The van der Waals surface area contributed by atoms with Crippen molar-refractivity contribution < 1.29 is 27.8 Å². The maximum Gasteiger partial charge on any atom is 0.303 e. The summed E-state index contributed by atoms with van der Waals surface area (Å²) < 4.78 is 50.5. The molecule has 158 valence electrons. The predicted octanol–water partition coefficient (Wildman–Crippen LogP) is 5.77. The molecule has 3 aromatic rings. The molecule has 0 unspecified atom stereocenters. The molecule has 0 aliphatic rings. The Bertz CT molecular complexity index is 1080. The third kappa shape index (κ3) is 4.64. The number of aryl methyl sites for hydroxylation is 1. The van der Waals surface area contributed by atoms with Gasteiger partial charge in [-0.3, -0.25) is 4.79 Å². The largest absolute Gasteiger partial charge is 0.488 e. The van der Waals surface area contributed by atoms with Crippen LogP contribution in [0.1, 0.15) is 33.6 Å².